The maximum atomic E-state index is 12.0. The highest BCUT2D eigenvalue weighted by Gasteiger charge is 2.16. The summed E-state index contributed by atoms with van der Waals surface area (Å²) in [6.45, 7) is 5.93. The predicted molar refractivity (Wildman–Crippen MR) is 90.5 cm³/mol. The fraction of sp³-hybridized carbons (Fsp3) is 0.467. The molecule has 5 nitrogen and oxygen atoms in total. The Labute approximate surface area is 141 Å². The second-order valence-electron chi connectivity index (χ2n) is 6.14. The average Bonchev–Trinajstić information content (AvgIpc) is 2.29. The Bertz CT molecular complexity index is 556. The van der Waals surface area contributed by atoms with Crippen LogP contribution in [0.5, 0.6) is 0 Å². The molecule has 0 unspecified atom stereocenters. The van der Waals surface area contributed by atoms with Gasteiger partial charge >= 0.3 is 0 Å². The fourth-order valence-corrected chi connectivity index (χ4v) is 2.24. The molecular formula is C15H21Cl2N3O2. The molecule has 7 heteroatoms. The van der Waals surface area contributed by atoms with E-state index in [9.17, 15) is 9.59 Å². The van der Waals surface area contributed by atoms with E-state index in [1.807, 2.05) is 20.8 Å². The van der Waals surface area contributed by atoms with Gasteiger partial charge in [0, 0.05) is 10.6 Å². The molecule has 0 aliphatic rings. The molecule has 0 aliphatic carbocycles. The molecule has 0 heterocycles. The lowest BCUT2D eigenvalue weighted by atomic mass is 10.1. The van der Waals surface area contributed by atoms with Gasteiger partial charge in [0.25, 0.3) is 0 Å². The van der Waals surface area contributed by atoms with Crippen LogP contribution in [0.4, 0.5) is 5.69 Å². The Balaban J connectivity index is 2.49. The number of halogens is 2. The van der Waals surface area contributed by atoms with E-state index in [0.717, 1.165) is 0 Å². The van der Waals surface area contributed by atoms with E-state index in [1.165, 1.54) is 0 Å². The second kappa shape index (κ2) is 7.81. The minimum atomic E-state index is -0.295. The van der Waals surface area contributed by atoms with Gasteiger partial charge in [-0.1, -0.05) is 23.2 Å². The van der Waals surface area contributed by atoms with Gasteiger partial charge in [-0.25, -0.2) is 0 Å². The van der Waals surface area contributed by atoms with Crippen molar-refractivity contribution >= 4 is 40.7 Å². The first kappa shape index (κ1) is 18.7. The molecule has 0 spiro atoms. The van der Waals surface area contributed by atoms with E-state index in [-0.39, 0.29) is 30.4 Å². The summed E-state index contributed by atoms with van der Waals surface area (Å²) in [5, 5.41) is 6.40. The highest BCUT2D eigenvalue weighted by Crippen LogP contribution is 2.25. The topological polar surface area (TPSA) is 61.4 Å². The van der Waals surface area contributed by atoms with Crippen LogP contribution in [0, 0.1) is 0 Å². The summed E-state index contributed by atoms with van der Waals surface area (Å²) >= 11 is 11.8. The smallest absolute Gasteiger partial charge is 0.238 e. The maximum Gasteiger partial charge on any atom is 0.238 e. The van der Waals surface area contributed by atoms with Gasteiger partial charge < -0.3 is 10.6 Å². The monoisotopic (exact) mass is 345 g/mol. The Hall–Kier alpha value is -1.30. The van der Waals surface area contributed by atoms with Gasteiger partial charge in [-0.3, -0.25) is 14.5 Å². The molecule has 0 saturated carbocycles. The zero-order valence-electron chi connectivity index (χ0n) is 13.2. The standard InChI is InChI=1S/C15H21Cl2N3O2/c1-15(2,3)19-14(22)9-20(4)8-13(21)18-12-6-5-10(16)7-11(12)17/h5-7H,8-9H2,1-4H3,(H,18,21)(H,19,22). The summed E-state index contributed by atoms with van der Waals surface area (Å²) < 4.78 is 0. The van der Waals surface area contributed by atoms with Crippen LogP contribution in [0.25, 0.3) is 0 Å². The lowest BCUT2D eigenvalue weighted by Crippen LogP contribution is -2.46. The first-order valence-corrected chi connectivity index (χ1v) is 7.57. The van der Waals surface area contributed by atoms with Crippen molar-refractivity contribution in [1.82, 2.24) is 10.2 Å². The molecule has 122 valence electrons. The van der Waals surface area contributed by atoms with Gasteiger partial charge in [0.05, 0.1) is 23.8 Å². The highest BCUT2D eigenvalue weighted by atomic mass is 35.5. The molecule has 2 N–H and O–H groups in total. The molecule has 22 heavy (non-hydrogen) atoms. The van der Waals surface area contributed by atoms with Crippen LogP contribution in [0.3, 0.4) is 0 Å². The van der Waals surface area contributed by atoms with E-state index in [1.54, 1.807) is 30.1 Å². The van der Waals surface area contributed by atoms with Crippen LogP contribution in [0.2, 0.25) is 10.0 Å². The van der Waals surface area contributed by atoms with Crippen molar-refractivity contribution in [3.63, 3.8) is 0 Å². The molecule has 1 aromatic carbocycles. The van der Waals surface area contributed by atoms with E-state index >= 15 is 0 Å². The summed E-state index contributed by atoms with van der Waals surface area (Å²) in [5.74, 6) is -0.386. The van der Waals surface area contributed by atoms with Crippen LogP contribution in [0.15, 0.2) is 18.2 Å². The number of amides is 2. The van der Waals surface area contributed by atoms with Crippen LogP contribution in [-0.2, 0) is 9.59 Å². The van der Waals surface area contributed by atoms with Crippen LogP contribution in [0.1, 0.15) is 20.8 Å². The van der Waals surface area contributed by atoms with Crippen molar-refractivity contribution in [2.45, 2.75) is 26.3 Å². The molecule has 0 bridgehead atoms. The van der Waals surface area contributed by atoms with Crippen LogP contribution < -0.4 is 10.6 Å². The molecule has 0 aromatic heterocycles. The van der Waals surface area contributed by atoms with Gasteiger partial charge in [0.15, 0.2) is 0 Å². The van der Waals surface area contributed by atoms with E-state index < -0.39 is 0 Å². The third-order valence-electron chi connectivity index (χ3n) is 2.55. The zero-order chi connectivity index (χ0) is 16.9. The Morgan fingerprint density at radius 2 is 1.73 bits per heavy atom. The Morgan fingerprint density at radius 1 is 1.14 bits per heavy atom. The number of likely N-dealkylation sites (N-methyl/N-ethyl adjacent to an activating group) is 1. The minimum absolute atomic E-state index is 0.0799. The number of hydrogen-bond acceptors (Lipinski definition) is 3. The molecule has 0 fully saturated rings. The van der Waals surface area contributed by atoms with Gasteiger partial charge in [-0.15, -0.1) is 0 Å². The summed E-state index contributed by atoms with van der Waals surface area (Å²) in [4.78, 5) is 25.4. The summed E-state index contributed by atoms with van der Waals surface area (Å²) in [6.07, 6.45) is 0. The molecule has 1 rings (SSSR count). The number of rotatable bonds is 5. The first-order valence-electron chi connectivity index (χ1n) is 6.81. The number of carbonyl (C=O) groups excluding carboxylic acids is 2. The van der Waals surface area contributed by atoms with Crippen molar-refractivity contribution in [1.29, 1.82) is 0 Å². The molecule has 0 saturated heterocycles. The second-order valence-corrected chi connectivity index (χ2v) is 6.99. The molecule has 0 aliphatic heterocycles. The quantitative estimate of drug-likeness (QED) is 0.862. The van der Waals surface area contributed by atoms with Gasteiger partial charge in [-0.05, 0) is 46.0 Å². The Morgan fingerprint density at radius 3 is 2.27 bits per heavy atom. The van der Waals surface area contributed by atoms with Crippen molar-refractivity contribution in [2.24, 2.45) is 0 Å². The van der Waals surface area contributed by atoms with E-state index in [4.69, 9.17) is 23.2 Å². The zero-order valence-corrected chi connectivity index (χ0v) is 14.7. The summed E-state index contributed by atoms with van der Waals surface area (Å²) in [5.41, 5.74) is 0.195. The molecule has 0 atom stereocenters. The third kappa shape index (κ3) is 7.11. The van der Waals surface area contributed by atoms with E-state index in [2.05, 4.69) is 10.6 Å². The number of carbonyl (C=O) groups is 2. The highest BCUT2D eigenvalue weighted by molar-refractivity contribution is 6.36. The minimum Gasteiger partial charge on any atom is -0.350 e. The number of benzene rings is 1. The predicted octanol–water partition coefficient (Wildman–Crippen LogP) is 2.78. The SMILES string of the molecule is CN(CC(=O)Nc1ccc(Cl)cc1Cl)CC(=O)NC(C)(C)C. The van der Waals surface area contributed by atoms with Crippen molar-refractivity contribution in [3.05, 3.63) is 28.2 Å². The van der Waals surface area contributed by atoms with Crippen LogP contribution >= 0.6 is 23.2 Å². The normalized spacial score (nSPS) is 11.4. The first-order chi connectivity index (χ1) is 10.1. The van der Waals surface area contributed by atoms with Crippen molar-refractivity contribution in [3.8, 4) is 0 Å². The molecule has 2 amide bonds. The Kier molecular flexibility index (Phi) is 6.66. The lowest BCUT2D eigenvalue weighted by Gasteiger charge is -2.23. The lowest BCUT2D eigenvalue weighted by molar-refractivity contribution is -0.124. The third-order valence-corrected chi connectivity index (χ3v) is 3.09. The molecule has 0 radical (unpaired) electrons. The van der Waals surface area contributed by atoms with Crippen molar-refractivity contribution < 1.29 is 9.59 Å². The largest absolute Gasteiger partial charge is 0.350 e. The van der Waals surface area contributed by atoms with E-state index in [0.29, 0.717) is 15.7 Å². The number of nitrogens with zero attached hydrogens (tertiary/aromatic N) is 1. The van der Waals surface area contributed by atoms with Gasteiger partial charge in [0.2, 0.25) is 11.8 Å². The van der Waals surface area contributed by atoms with Gasteiger partial charge in [-0.2, -0.15) is 0 Å². The number of nitrogens with one attached hydrogen (secondary N) is 2. The average molecular weight is 346 g/mol. The molecular weight excluding hydrogens is 325 g/mol. The van der Waals surface area contributed by atoms with Gasteiger partial charge in [0.1, 0.15) is 0 Å². The van der Waals surface area contributed by atoms with Crippen molar-refractivity contribution in [2.75, 3.05) is 25.5 Å². The van der Waals surface area contributed by atoms with Crippen LogP contribution in [-0.4, -0.2) is 42.4 Å². The summed E-state index contributed by atoms with van der Waals surface area (Å²) in [7, 11) is 1.70. The maximum absolute atomic E-state index is 12.0. The fourth-order valence-electron chi connectivity index (χ4n) is 1.78. The summed E-state index contributed by atoms with van der Waals surface area (Å²) in [6, 6.07) is 4.83. The number of hydrogen-bond donors (Lipinski definition) is 2. The number of anilines is 1. The molecule has 1 aromatic rings.